The van der Waals surface area contributed by atoms with E-state index >= 15 is 0 Å². The van der Waals surface area contributed by atoms with E-state index in [4.69, 9.17) is 18.7 Å². The zero-order chi connectivity index (χ0) is 27.8. The van der Waals surface area contributed by atoms with Gasteiger partial charge in [0.1, 0.15) is 18.3 Å². The average Bonchev–Trinajstić information content (AvgIpc) is 3.53. The van der Waals surface area contributed by atoms with E-state index in [1.165, 1.54) is 24.5 Å². The Morgan fingerprint density at radius 3 is 2.46 bits per heavy atom. The summed E-state index contributed by atoms with van der Waals surface area (Å²) in [5.74, 6) is 0.936. The van der Waals surface area contributed by atoms with Gasteiger partial charge in [0, 0.05) is 12.4 Å². The molecule has 2 N–H and O–H groups in total. The predicted octanol–water partition coefficient (Wildman–Crippen LogP) is 4.83. The molecular formula is C26H25BrN4O7S. The standard InChI is InChI=1S/C26H25BrN4O7S/c1-26(2,3)16-5-7-18(8-6-16)39(33,34)31-25-22(15-4-9-20-21(10-15)37-14-36-20)24(30-38-25)35-13-19(32)23-28-11-17(27)12-29-23/h4-12,19,31-32H,13-14H2,1-3H3. The lowest BCUT2D eigenvalue weighted by Gasteiger charge is -2.19. The number of hydrogen-bond acceptors (Lipinski definition) is 10. The zero-order valence-corrected chi connectivity index (χ0v) is 23.6. The Labute approximate surface area is 233 Å². The number of benzene rings is 2. The van der Waals surface area contributed by atoms with Gasteiger partial charge < -0.3 is 23.8 Å². The first-order valence-corrected chi connectivity index (χ1v) is 14.1. The minimum Gasteiger partial charge on any atom is -0.472 e. The maximum Gasteiger partial charge on any atom is 0.264 e. The van der Waals surface area contributed by atoms with Crippen molar-refractivity contribution in [3.8, 4) is 28.5 Å². The van der Waals surface area contributed by atoms with Crippen molar-refractivity contribution in [2.24, 2.45) is 0 Å². The molecule has 0 saturated carbocycles. The van der Waals surface area contributed by atoms with Crippen LogP contribution in [-0.2, 0) is 15.4 Å². The molecule has 3 heterocycles. The molecule has 1 atom stereocenters. The van der Waals surface area contributed by atoms with Crippen LogP contribution in [0.1, 0.15) is 38.3 Å². The molecule has 5 rings (SSSR count). The number of ether oxygens (including phenoxy) is 3. The van der Waals surface area contributed by atoms with Crippen LogP contribution in [0.2, 0.25) is 0 Å². The quantitative estimate of drug-likeness (QED) is 0.282. The Morgan fingerprint density at radius 2 is 1.77 bits per heavy atom. The van der Waals surface area contributed by atoms with E-state index in [1.807, 2.05) is 20.8 Å². The maximum absolute atomic E-state index is 13.3. The van der Waals surface area contributed by atoms with Crippen LogP contribution in [-0.4, -0.2) is 42.0 Å². The molecule has 1 unspecified atom stereocenters. The van der Waals surface area contributed by atoms with Crippen molar-refractivity contribution < 1.29 is 32.3 Å². The molecule has 0 saturated heterocycles. The number of anilines is 1. The van der Waals surface area contributed by atoms with Gasteiger partial charge >= 0.3 is 0 Å². The fraction of sp³-hybridized carbons (Fsp3) is 0.269. The monoisotopic (exact) mass is 616 g/mol. The second-order valence-electron chi connectivity index (χ2n) is 9.73. The Kier molecular flexibility index (Phi) is 7.23. The van der Waals surface area contributed by atoms with Gasteiger partial charge in [-0.3, -0.25) is 0 Å². The van der Waals surface area contributed by atoms with Gasteiger partial charge in [-0.1, -0.05) is 39.0 Å². The first kappa shape index (κ1) is 26.9. The molecule has 4 aromatic rings. The van der Waals surface area contributed by atoms with Crippen molar-refractivity contribution in [2.45, 2.75) is 37.2 Å². The highest BCUT2D eigenvalue weighted by Crippen LogP contribution is 2.43. The highest BCUT2D eigenvalue weighted by molar-refractivity contribution is 9.10. The van der Waals surface area contributed by atoms with E-state index in [1.54, 1.807) is 30.3 Å². The molecule has 13 heteroatoms. The highest BCUT2D eigenvalue weighted by Gasteiger charge is 2.27. The molecule has 2 aromatic heterocycles. The molecule has 0 amide bonds. The molecule has 204 valence electrons. The largest absolute Gasteiger partial charge is 0.472 e. The Bertz CT molecular complexity index is 1580. The van der Waals surface area contributed by atoms with Crippen molar-refractivity contribution in [3.63, 3.8) is 0 Å². The number of nitrogens with one attached hydrogen (secondary N) is 1. The molecule has 0 aliphatic carbocycles. The first-order valence-electron chi connectivity index (χ1n) is 11.8. The zero-order valence-electron chi connectivity index (χ0n) is 21.2. The lowest BCUT2D eigenvalue weighted by Crippen LogP contribution is -2.15. The third-order valence-electron chi connectivity index (χ3n) is 5.90. The van der Waals surface area contributed by atoms with Crippen LogP contribution in [0.3, 0.4) is 0 Å². The van der Waals surface area contributed by atoms with Gasteiger partial charge in [0.2, 0.25) is 12.7 Å². The van der Waals surface area contributed by atoms with Gasteiger partial charge in [0.05, 0.1) is 9.37 Å². The van der Waals surface area contributed by atoms with Crippen LogP contribution < -0.4 is 18.9 Å². The summed E-state index contributed by atoms with van der Waals surface area (Å²) in [6, 6.07) is 11.6. The van der Waals surface area contributed by atoms with E-state index < -0.39 is 16.1 Å². The number of fused-ring (bicyclic) bond motifs is 1. The summed E-state index contributed by atoms with van der Waals surface area (Å²) in [5.41, 5.74) is 1.56. The SMILES string of the molecule is CC(C)(C)c1ccc(S(=O)(=O)Nc2onc(OCC(O)c3ncc(Br)cn3)c2-c2ccc3c(c2)OCO3)cc1. The van der Waals surface area contributed by atoms with Crippen molar-refractivity contribution >= 4 is 31.8 Å². The van der Waals surface area contributed by atoms with Gasteiger partial charge in [-0.05, 0) is 61.9 Å². The normalized spacial score (nSPS) is 13.8. The van der Waals surface area contributed by atoms with E-state index in [-0.39, 0.29) is 46.9 Å². The lowest BCUT2D eigenvalue weighted by molar-refractivity contribution is 0.0961. The molecule has 1 aliphatic heterocycles. The third-order valence-corrected chi connectivity index (χ3v) is 7.65. The van der Waals surface area contributed by atoms with Crippen molar-refractivity contribution in [2.75, 3.05) is 18.1 Å². The maximum atomic E-state index is 13.3. The topological polar surface area (TPSA) is 146 Å². The molecule has 11 nitrogen and oxygen atoms in total. The number of aromatic nitrogens is 3. The molecule has 1 aliphatic rings. The highest BCUT2D eigenvalue weighted by atomic mass is 79.9. The summed E-state index contributed by atoms with van der Waals surface area (Å²) in [6.45, 7) is 5.92. The Balaban J connectivity index is 1.46. The molecule has 2 aromatic carbocycles. The van der Waals surface area contributed by atoms with Crippen LogP contribution in [0.15, 0.2) is 68.7 Å². The number of aliphatic hydroxyl groups is 1. The first-order chi connectivity index (χ1) is 18.5. The van der Waals surface area contributed by atoms with Gasteiger partial charge in [-0.2, -0.15) is 0 Å². The van der Waals surface area contributed by atoms with Crippen LogP contribution >= 0.6 is 15.9 Å². The fourth-order valence-corrected chi connectivity index (χ4v) is 4.99. The molecular weight excluding hydrogens is 592 g/mol. The fourth-order valence-electron chi connectivity index (χ4n) is 3.79. The summed E-state index contributed by atoms with van der Waals surface area (Å²) in [6.07, 6.45) is 1.82. The molecule has 0 fully saturated rings. The molecule has 0 spiro atoms. The Morgan fingerprint density at radius 1 is 1.08 bits per heavy atom. The number of hydrogen-bond donors (Lipinski definition) is 2. The van der Waals surface area contributed by atoms with E-state index in [0.717, 1.165) is 5.56 Å². The smallest absolute Gasteiger partial charge is 0.264 e. The van der Waals surface area contributed by atoms with Crippen LogP contribution in [0.5, 0.6) is 17.4 Å². The van der Waals surface area contributed by atoms with Crippen LogP contribution in [0.25, 0.3) is 11.1 Å². The number of aliphatic hydroxyl groups excluding tert-OH is 1. The molecule has 39 heavy (non-hydrogen) atoms. The summed E-state index contributed by atoms with van der Waals surface area (Å²) in [5, 5.41) is 14.4. The number of nitrogens with zero attached hydrogens (tertiary/aromatic N) is 3. The predicted molar refractivity (Wildman–Crippen MR) is 144 cm³/mol. The summed E-state index contributed by atoms with van der Waals surface area (Å²) in [7, 11) is -4.05. The lowest BCUT2D eigenvalue weighted by atomic mass is 9.87. The van der Waals surface area contributed by atoms with Gasteiger partial charge in [0.25, 0.3) is 15.9 Å². The van der Waals surface area contributed by atoms with Crippen molar-refractivity contribution in [1.29, 1.82) is 0 Å². The van der Waals surface area contributed by atoms with Crippen LogP contribution in [0, 0.1) is 0 Å². The van der Waals surface area contributed by atoms with Gasteiger partial charge in [-0.15, -0.1) is 0 Å². The van der Waals surface area contributed by atoms with E-state index in [0.29, 0.717) is 21.5 Å². The minimum absolute atomic E-state index is 0.0498. The third kappa shape index (κ3) is 5.84. The van der Waals surface area contributed by atoms with Gasteiger partial charge in [-0.25, -0.2) is 23.1 Å². The Hall–Kier alpha value is -3.68. The van der Waals surface area contributed by atoms with Gasteiger partial charge in [0.15, 0.2) is 17.3 Å². The number of sulfonamides is 1. The number of halogens is 1. The van der Waals surface area contributed by atoms with Crippen molar-refractivity contribution in [3.05, 3.63) is 70.7 Å². The minimum atomic E-state index is -4.05. The summed E-state index contributed by atoms with van der Waals surface area (Å²) in [4.78, 5) is 8.18. The number of rotatable bonds is 8. The average molecular weight is 617 g/mol. The second-order valence-corrected chi connectivity index (χ2v) is 12.3. The van der Waals surface area contributed by atoms with E-state index in [9.17, 15) is 13.5 Å². The van der Waals surface area contributed by atoms with Crippen LogP contribution in [0.4, 0.5) is 5.88 Å². The van der Waals surface area contributed by atoms with E-state index in [2.05, 4.69) is 35.8 Å². The molecule has 0 radical (unpaired) electrons. The summed E-state index contributed by atoms with van der Waals surface area (Å²) >= 11 is 3.25. The van der Waals surface area contributed by atoms with Crippen molar-refractivity contribution in [1.82, 2.24) is 15.1 Å². The molecule has 0 bridgehead atoms. The summed E-state index contributed by atoms with van der Waals surface area (Å²) < 4.78 is 51.7. The second kappa shape index (κ2) is 10.5.